The lowest BCUT2D eigenvalue weighted by Crippen LogP contribution is -2.21. The summed E-state index contributed by atoms with van der Waals surface area (Å²) in [5.41, 5.74) is 8.23. The second-order valence-corrected chi connectivity index (χ2v) is 4.45. The van der Waals surface area contributed by atoms with E-state index in [0.29, 0.717) is 11.6 Å². The molecule has 1 atom stereocenters. The predicted octanol–water partition coefficient (Wildman–Crippen LogP) is 3.75. The van der Waals surface area contributed by atoms with Crippen molar-refractivity contribution in [2.24, 2.45) is 5.73 Å². The SMILES string of the molecule is CCOc1c(Cl)cc(C)cc1CC(N)CC.Cl. The molecule has 0 aromatic heterocycles. The molecule has 17 heavy (non-hydrogen) atoms. The summed E-state index contributed by atoms with van der Waals surface area (Å²) in [7, 11) is 0. The minimum absolute atomic E-state index is 0. The van der Waals surface area contributed by atoms with E-state index in [1.54, 1.807) is 0 Å². The van der Waals surface area contributed by atoms with Crippen LogP contribution in [-0.2, 0) is 6.42 Å². The van der Waals surface area contributed by atoms with Crippen LogP contribution in [0.4, 0.5) is 0 Å². The zero-order chi connectivity index (χ0) is 12.1. The van der Waals surface area contributed by atoms with Gasteiger partial charge in [-0.1, -0.05) is 24.6 Å². The van der Waals surface area contributed by atoms with Crippen LogP contribution in [0.15, 0.2) is 12.1 Å². The van der Waals surface area contributed by atoms with Gasteiger partial charge in [-0.3, -0.25) is 0 Å². The molecular formula is C13H21Cl2NO. The molecular weight excluding hydrogens is 257 g/mol. The number of hydrogen-bond acceptors (Lipinski definition) is 2. The third-order valence-electron chi connectivity index (χ3n) is 2.56. The van der Waals surface area contributed by atoms with Crippen molar-refractivity contribution in [1.82, 2.24) is 0 Å². The Morgan fingerprint density at radius 2 is 2.00 bits per heavy atom. The Balaban J connectivity index is 0.00000256. The number of halogens is 2. The zero-order valence-corrected chi connectivity index (χ0v) is 12.2. The van der Waals surface area contributed by atoms with Crippen LogP contribution in [0.2, 0.25) is 5.02 Å². The van der Waals surface area contributed by atoms with Crippen molar-refractivity contribution in [3.05, 3.63) is 28.3 Å². The molecule has 0 amide bonds. The van der Waals surface area contributed by atoms with Gasteiger partial charge in [0.2, 0.25) is 0 Å². The fourth-order valence-electron chi connectivity index (χ4n) is 1.69. The van der Waals surface area contributed by atoms with Crippen molar-refractivity contribution in [2.75, 3.05) is 6.61 Å². The molecule has 1 unspecified atom stereocenters. The lowest BCUT2D eigenvalue weighted by molar-refractivity contribution is 0.335. The average molecular weight is 278 g/mol. The maximum Gasteiger partial charge on any atom is 0.141 e. The second-order valence-electron chi connectivity index (χ2n) is 4.04. The molecule has 0 aliphatic heterocycles. The molecule has 0 radical (unpaired) electrons. The van der Waals surface area contributed by atoms with Gasteiger partial charge in [0.05, 0.1) is 11.6 Å². The molecule has 0 aliphatic rings. The molecule has 0 bridgehead atoms. The first kappa shape index (κ1) is 16.6. The summed E-state index contributed by atoms with van der Waals surface area (Å²) in [5, 5.41) is 0.681. The fourth-order valence-corrected chi connectivity index (χ4v) is 2.03. The van der Waals surface area contributed by atoms with Gasteiger partial charge in [0, 0.05) is 6.04 Å². The summed E-state index contributed by atoms with van der Waals surface area (Å²) in [6.45, 7) is 6.70. The summed E-state index contributed by atoms with van der Waals surface area (Å²) in [6, 6.07) is 4.19. The van der Waals surface area contributed by atoms with Crippen LogP contribution in [0.1, 0.15) is 31.4 Å². The summed E-state index contributed by atoms with van der Waals surface area (Å²) in [4.78, 5) is 0. The Kier molecular flexibility index (Phi) is 7.60. The monoisotopic (exact) mass is 277 g/mol. The van der Waals surface area contributed by atoms with E-state index in [1.807, 2.05) is 19.9 Å². The van der Waals surface area contributed by atoms with Crippen molar-refractivity contribution >= 4 is 24.0 Å². The molecule has 0 aliphatic carbocycles. The molecule has 0 spiro atoms. The highest BCUT2D eigenvalue weighted by atomic mass is 35.5. The normalized spacial score (nSPS) is 11.8. The lowest BCUT2D eigenvalue weighted by atomic mass is 10.0. The minimum atomic E-state index is 0. The van der Waals surface area contributed by atoms with Gasteiger partial charge in [-0.05, 0) is 43.9 Å². The third-order valence-corrected chi connectivity index (χ3v) is 2.84. The topological polar surface area (TPSA) is 35.2 Å². The van der Waals surface area contributed by atoms with E-state index < -0.39 is 0 Å². The first-order chi connectivity index (χ1) is 7.58. The van der Waals surface area contributed by atoms with Crippen molar-refractivity contribution < 1.29 is 4.74 Å². The van der Waals surface area contributed by atoms with Gasteiger partial charge >= 0.3 is 0 Å². The third kappa shape index (κ3) is 4.74. The molecule has 0 saturated heterocycles. The molecule has 1 rings (SSSR count). The Labute approximate surface area is 115 Å². The van der Waals surface area contributed by atoms with Gasteiger partial charge in [-0.25, -0.2) is 0 Å². The molecule has 98 valence electrons. The fraction of sp³-hybridized carbons (Fsp3) is 0.538. The highest BCUT2D eigenvalue weighted by molar-refractivity contribution is 6.32. The van der Waals surface area contributed by atoms with Gasteiger partial charge in [0.1, 0.15) is 5.75 Å². The van der Waals surface area contributed by atoms with E-state index in [2.05, 4.69) is 13.0 Å². The first-order valence-corrected chi connectivity index (χ1v) is 6.13. The predicted molar refractivity (Wildman–Crippen MR) is 76.6 cm³/mol. The van der Waals surface area contributed by atoms with Gasteiger partial charge in [-0.2, -0.15) is 0 Å². The van der Waals surface area contributed by atoms with Crippen molar-refractivity contribution in [1.29, 1.82) is 0 Å². The first-order valence-electron chi connectivity index (χ1n) is 5.75. The number of aryl methyl sites for hydroxylation is 1. The van der Waals surface area contributed by atoms with Gasteiger partial charge in [-0.15, -0.1) is 12.4 Å². The Morgan fingerprint density at radius 1 is 1.35 bits per heavy atom. The highest BCUT2D eigenvalue weighted by Crippen LogP contribution is 2.31. The van der Waals surface area contributed by atoms with Crippen LogP contribution >= 0.6 is 24.0 Å². The summed E-state index contributed by atoms with van der Waals surface area (Å²) >= 11 is 6.17. The van der Waals surface area contributed by atoms with E-state index in [-0.39, 0.29) is 18.4 Å². The number of hydrogen-bond donors (Lipinski definition) is 1. The summed E-state index contributed by atoms with van der Waals surface area (Å²) in [6.07, 6.45) is 1.77. The van der Waals surface area contributed by atoms with Crippen LogP contribution in [0, 0.1) is 6.92 Å². The van der Waals surface area contributed by atoms with Gasteiger partial charge < -0.3 is 10.5 Å². The van der Waals surface area contributed by atoms with E-state index in [0.717, 1.165) is 29.7 Å². The van der Waals surface area contributed by atoms with Crippen molar-refractivity contribution in [3.63, 3.8) is 0 Å². The molecule has 2 N–H and O–H groups in total. The van der Waals surface area contributed by atoms with Crippen molar-refractivity contribution in [2.45, 2.75) is 39.7 Å². The lowest BCUT2D eigenvalue weighted by Gasteiger charge is -2.15. The quantitative estimate of drug-likeness (QED) is 0.890. The highest BCUT2D eigenvalue weighted by Gasteiger charge is 2.12. The van der Waals surface area contributed by atoms with Gasteiger partial charge in [0.25, 0.3) is 0 Å². The molecule has 4 heteroatoms. The number of nitrogens with two attached hydrogens (primary N) is 1. The van der Waals surface area contributed by atoms with E-state index in [9.17, 15) is 0 Å². The molecule has 1 aromatic rings. The maximum atomic E-state index is 6.17. The molecule has 0 heterocycles. The number of benzene rings is 1. The zero-order valence-electron chi connectivity index (χ0n) is 10.6. The average Bonchev–Trinajstić information content (AvgIpc) is 2.23. The van der Waals surface area contributed by atoms with Crippen LogP contribution in [-0.4, -0.2) is 12.6 Å². The van der Waals surface area contributed by atoms with Crippen LogP contribution in [0.5, 0.6) is 5.75 Å². The van der Waals surface area contributed by atoms with Gasteiger partial charge in [0.15, 0.2) is 0 Å². The number of rotatable bonds is 5. The smallest absolute Gasteiger partial charge is 0.141 e. The van der Waals surface area contributed by atoms with E-state index in [1.165, 1.54) is 0 Å². The van der Waals surface area contributed by atoms with Crippen molar-refractivity contribution in [3.8, 4) is 5.75 Å². The largest absolute Gasteiger partial charge is 0.492 e. The minimum Gasteiger partial charge on any atom is -0.492 e. The van der Waals surface area contributed by atoms with Crippen LogP contribution in [0.3, 0.4) is 0 Å². The summed E-state index contributed by atoms with van der Waals surface area (Å²) < 4.78 is 5.58. The van der Waals surface area contributed by atoms with E-state index in [4.69, 9.17) is 22.1 Å². The molecule has 0 saturated carbocycles. The van der Waals surface area contributed by atoms with E-state index >= 15 is 0 Å². The standard InChI is InChI=1S/C13H20ClNO.ClH/c1-4-11(15)8-10-6-9(3)7-12(14)13(10)16-5-2;/h6-7,11H,4-5,8,15H2,1-3H3;1H. The van der Waals surface area contributed by atoms with Crippen LogP contribution < -0.4 is 10.5 Å². The summed E-state index contributed by atoms with van der Waals surface area (Å²) in [5.74, 6) is 0.790. The number of ether oxygens (including phenoxy) is 1. The molecule has 2 nitrogen and oxygen atoms in total. The Morgan fingerprint density at radius 3 is 2.53 bits per heavy atom. The second kappa shape index (κ2) is 7.80. The van der Waals surface area contributed by atoms with Crippen LogP contribution in [0.25, 0.3) is 0 Å². The Hall–Kier alpha value is -0.440. The Bertz CT molecular complexity index is 356. The molecule has 0 fully saturated rings. The molecule has 1 aromatic carbocycles. The maximum absolute atomic E-state index is 6.17.